The molecule has 0 saturated carbocycles. The fourth-order valence-electron chi connectivity index (χ4n) is 3.40. The molecule has 2 aromatic carbocycles. The van der Waals surface area contributed by atoms with Gasteiger partial charge in [-0.15, -0.1) is 0 Å². The Hall–Kier alpha value is -3.43. The summed E-state index contributed by atoms with van der Waals surface area (Å²) >= 11 is 0. The highest BCUT2D eigenvalue weighted by atomic mass is 19.4. The Morgan fingerprint density at radius 3 is 2.06 bits per heavy atom. The number of amides is 1. The van der Waals surface area contributed by atoms with Crippen molar-refractivity contribution in [1.82, 2.24) is 14.9 Å². The van der Waals surface area contributed by atoms with E-state index in [1.54, 1.807) is 30.3 Å². The molecule has 1 aromatic heterocycles. The Morgan fingerprint density at radius 2 is 1.53 bits per heavy atom. The number of halogens is 6. The van der Waals surface area contributed by atoms with Gasteiger partial charge >= 0.3 is 12.4 Å². The Balaban J connectivity index is 1.98. The molecule has 0 fully saturated rings. The molecule has 3 rings (SSSR count). The molecule has 10 heteroatoms. The van der Waals surface area contributed by atoms with E-state index >= 15 is 0 Å². The molecule has 0 radical (unpaired) electrons. The zero-order valence-corrected chi connectivity index (χ0v) is 18.3. The molecule has 0 bridgehead atoms. The standard InChI is InChI=1S/C24H21F6N3O/c1-3-7-20-31-13-19(21(32-20)16-8-5-4-6-9-16)22(34)33(2)14-15-10-17(23(25,26)27)12-18(11-15)24(28,29)30/h4-6,8-13H,3,7,14H2,1-2H3. The zero-order valence-electron chi connectivity index (χ0n) is 18.3. The topological polar surface area (TPSA) is 46.1 Å². The molecule has 180 valence electrons. The first-order valence-corrected chi connectivity index (χ1v) is 10.3. The number of nitrogens with zero attached hydrogens (tertiary/aromatic N) is 3. The molecule has 0 aliphatic heterocycles. The van der Waals surface area contributed by atoms with E-state index in [4.69, 9.17) is 0 Å². The van der Waals surface area contributed by atoms with Crippen LogP contribution in [0.25, 0.3) is 11.3 Å². The third kappa shape index (κ3) is 5.92. The third-order valence-corrected chi connectivity index (χ3v) is 5.00. The maximum absolute atomic E-state index is 13.2. The van der Waals surface area contributed by atoms with E-state index in [2.05, 4.69) is 9.97 Å². The van der Waals surface area contributed by atoms with Crippen molar-refractivity contribution in [1.29, 1.82) is 0 Å². The minimum Gasteiger partial charge on any atom is -0.337 e. The smallest absolute Gasteiger partial charge is 0.337 e. The van der Waals surface area contributed by atoms with Gasteiger partial charge < -0.3 is 4.90 Å². The predicted octanol–water partition coefficient (Wildman–Crippen LogP) is 6.41. The van der Waals surface area contributed by atoms with Gasteiger partial charge in [-0.1, -0.05) is 37.3 Å². The van der Waals surface area contributed by atoms with Crippen LogP contribution in [0.15, 0.2) is 54.7 Å². The molecule has 0 aliphatic carbocycles. The van der Waals surface area contributed by atoms with Crippen molar-refractivity contribution < 1.29 is 31.1 Å². The van der Waals surface area contributed by atoms with E-state index in [1.807, 2.05) is 6.92 Å². The van der Waals surface area contributed by atoms with E-state index in [1.165, 1.54) is 13.2 Å². The summed E-state index contributed by atoms with van der Waals surface area (Å²) in [6.45, 7) is 1.47. The van der Waals surface area contributed by atoms with Gasteiger partial charge in [0.2, 0.25) is 0 Å². The van der Waals surface area contributed by atoms with Gasteiger partial charge in [0.25, 0.3) is 5.91 Å². The van der Waals surface area contributed by atoms with Crippen LogP contribution in [0.5, 0.6) is 0 Å². The molecule has 3 aromatic rings. The number of benzene rings is 2. The van der Waals surface area contributed by atoms with E-state index in [0.717, 1.165) is 11.3 Å². The van der Waals surface area contributed by atoms with Crippen molar-refractivity contribution in [2.24, 2.45) is 0 Å². The third-order valence-electron chi connectivity index (χ3n) is 5.00. The van der Waals surface area contributed by atoms with Crippen molar-refractivity contribution in [3.63, 3.8) is 0 Å². The van der Waals surface area contributed by atoms with Gasteiger partial charge in [-0.05, 0) is 30.2 Å². The first kappa shape index (κ1) is 25.2. The van der Waals surface area contributed by atoms with E-state index in [-0.39, 0.29) is 17.2 Å². The largest absolute Gasteiger partial charge is 0.416 e. The second kappa shape index (κ2) is 9.82. The first-order chi connectivity index (χ1) is 15.9. The van der Waals surface area contributed by atoms with Gasteiger partial charge in [-0.3, -0.25) is 4.79 Å². The summed E-state index contributed by atoms with van der Waals surface area (Å²) in [6, 6.07) is 10.1. The molecule has 0 N–H and O–H groups in total. The highest BCUT2D eigenvalue weighted by Gasteiger charge is 2.37. The summed E-state index contributed by atoms with van der Waals surface area (Å²) in [7, 11) is 1.30. The SMILES string of the molecule is CCCc1ncc(C(=O)N(C)Cc2cc(C(F)(F)F)cc(C(F)(F)F)c2)c(-c2ccccc2)n1. The van der Waals surface area contributed by atoms with Gasteiger partial charge in [0, 0.05) is 31.8 Å². The van der Waals surface area contributed by atoms with Crippen LogP contribution >= 0.6 is 0 Å². The van der Waals surface area contributed by atoms with E-state index in [9.17, 15) is 31.1 Å². The highest BCUT2D eigenvalue weighted by molar-refractivity contribution is 5.99. The summed E-state index contributed by atoms with van der Waals surface area (Å²) in [5.74, 6) is -0.110. The average molecular weight is 481 g/mol. The Bertz CT molecular complexity index is 1130. The number of alkyl halides is 6. The minimum atomic E-state index is -4.97. The van der Waals surface area contributed by atoms with Gasteiger partial charge in [0.15, 0.2) is 0 Å². The number of carbonyl (C=O) groups is 1. The van der Waals surface area contributed by atoms with Crippen molar-refractivity contribution in [3.05, 3.63) is 82.8 Å². The highest BCUT2D eigenvalue weighted by Crippen LogP contribution is 2.36. The predicted molar refractivity (Wildman–Crippen MR) is 114 cm³/mol. The summed E-state index contributed by atoms with van der Waals surface area (Å²) in [5.41, 5.74) is -2.10. The Morgan fingerprint density at radius 1 is 0.941 bits per heavy atom. The lowest BCUT2D eigenvalue weighted by Gasteiger charge is -2.21. The summed E-state index contributed by atoms with van der Waals surface area (Å²) in [5, 5.41) is 0. The average Bonchev–Trinajstić information content (AvgIpc) is 2.78. The van der Waals surface area contributed by atoms with Gasteiger partial charge in [-0.2, -0.15) is 26.3 Å². The number of aromatic nitrogens is 2. The molecule has 0 atom stereocenters. The maximum atomic E-state index is 13.2. The second-order valence-electron chi connectivity index (χ2n) is 7.74. The zero-order chi connectivity index (χ0) is 25.1. The van der Waals surface area contributed by atoms with Crippen LogP contribution < -0.4 is 0 Å². The van der Waals surface area contributed by atoms with Crippen LogP contribution in [0, 0.1) is 0 Å². The van der Waals surface area contributed by atoms with Gasteiger partial charge in [-0.25, -0.2) is 9.97 Å². The molecule has 0 spiro atoms. The molecular formula is C24H21F6N3O. The molecule has 4 nitrogen and oxygen atoms in total. The number of carbonyl (C=O) groups excluding carboxylic acids is 1. The van der Waals surface area contributed by atoms with Crippen LogP contribution in [0.2, 0.25) is 0 Å². The summed E-state index contributed by atoms with van der Waals surface area (Å²) in [6.07, 6.45) is -7.25. The van der Waals surface area contributed by atoms with Crippen LogP contribution in [0.1, 0.15) is 46.2 Å². The molecule has 1 amide bonds. The fourth-order valence-corrected chi connectivity index (χ4v) is 3.40. The fraction of sp³-hybridized carbons (Fsp3) is 0.292. The number of hydrogen-bond donors (Lipinski definition) is 0. The maximum Gasteiger partial charge on any atom is 0.416 e. The van der Waals surface area contributed by atoms with Crippen LogP contribution in [0.4, 0.5) is 26.3 Å². The van der Waals surface area contributed by atoms with Crippen molar-refractivity contribution in [3.8, 4) is 11.3 Å². The second-order valence-corrected chi connectivity index (χ2v) is 7.74. The van der Waals surface area contributed by atoms with Crippen molar-refractivity contribution >= 4 is 5.91 Å². The van der Waals surface area contributed by atoms with Crippen LogP contribution in [-0.4, -0.2) is 27.8 Å². The lowest BCUT2D eigenvalue weighted by atomic mass is 10.0. The first-order valence-electron chi connectivity index (χ1n) is 10.3. The Kier molecular flexibility index (Phi) is 7.28. The number of hydrogen-bond acceptors (Lipinski definition) is 3. The molecule has 0 unspecified atom stereocenters. The monoisotopic (exact) mass is 481 g/mol. The number of rotatable bonds is 6. The van der Waals surface area contributed by atoms with Gasteiger partial charge in [0.05, 0.1) is 22.4 Å². The molecular weight excluding hydrogens is 460 g/mol. The minimum absolute atomic E-state index is 0.0547. The molecule has 0 saturated heterocycles. The normalized spacial score (nSPS) is 12.0. The lowest BCUT2D eigenvalue weighted by molar-refractivity contribution is -0.143. The van der Waals surface area contributed by atoms with E-state index in [0.29, 0.717) is 35.6 Å². The summed E-state index contributed by atoms with van der Waals surface area (Å²) in [4.78, 5) is 22.9. The van der Waals surface area contributed by atoms with E-state index < -0.39 is 35.9 Å². The molecule has 34 heavy (non-hydrogen) atoms. The van der Waals surface area contributed by atoms with Crippen LogP contribution in [0.3, 0.4) is 0 Å². The summed E-state index contributed by atoms with van der Waals surface area (Å²) < 4.78 is 79.0. The van der Waals surface area contributed by atoms with Crippen LogP contribution in [-0.2, 0) is 25.3 Å². The lowest BCUT2D eigenvalue weighted by Crippen LogP contribution is -2.28. The van der Waals surface area contributed by atoms with Crippen molar-refractivity contribution in [2.75, 3.05) is 7.05 Å². The Labute approximate surface area is 192 Å². The van der Waals surface area contributed by atoms with Gasteiger partial charge in [0.1, 0.15) is 5.82 Å². The number of aryl methyl sites for hydroxylation is 1. The molecule has 0 aliphatic rings. The van der Waals surface area contributed by atoms with Crippen molar-refractivity contribution in [2.45, 2.75) is 38.7 Å². The quantitative estimate of drug-likeness (QED) is 0.383. The molecule has 1 heterocycles.